The summed E-state index contributed by atoms with van der Waals surface area (Å²) < 4.78 is 0. The van der Waals surface area contributed by atoms with Gasteiger partial charge >= 0.3 is 0 Å². The zero-order chi connectivity index (χ0) is 8.85. The fraction of sp³-hybridized carbons (Fsp3) is 0.667. The van der Waals surface area contributed by atoms with Crippen LogP contribution in [0.15, 0.2) is 11.3 Å². The molecule has 0 aromatic carbocycles. The Labute approximate surface area is 69.0 Å². The van der Waals surface area contributed by atoms with E-state index in [0.717, 1.165) is 24.1 Å². The lowest BCUT2D eigenvalue weighted by atomic mass is 9.97. The van der Waals surface area contributed by atoms with Crippen LogP contribution in [0, 0.1) is 11.3 Å². The van der Waals surface area contributed by atoms with E-state index in [1.54, 1.807) is 0 Å². The number of nitrogens with one attached hydrogen (secondary N) is 1. The van der Waals surface area contributed by atoms with E-state index < -0.39 is 0 Å². The average molecular weight is 154 g/mol. The molecule has 0 spiro atoms. The molecule has 0 aliphatic heterocycles. The summed E-state index contributed by atoms with van der Waals surface area (Å²) in [7, 11) is 0. The van der Waals surface area contributed by atoms with Gasteiger partial charge in [0, 0.05) is 11.9 Å². The number of rotatable bonds is 4. The highest BCUT2D eigenvalue weighted by atomic mass is 14.6. The molecule has 0 aliphatic rings. The van der Waals surface area contributed by atoms with Crippen molar-refractivity contribution in [1.29, 1.82) is 5.41 Å². The van der Waals surface area contributed by atoms with Gasteiger partial charge in [0.1, 0.15) is 0 Å². The highest BCUT2D eigenvalue weighted by Gasteiger charge is 2.06. The minimum absolute atomic E-state index is 0.424. The standard InChI is InChI=1S/C9H18N2/c1-4-7(3)8(6-10)9(11)5-2/h6-7,10H,4-5,11H2,1-3H3/b9-8+,10-6?. The Morgan fingerprint density at radius 1 is 1.55 bits per heavy atom. The molecular weight excluding hydrogens is 136 g/mol. The first-order valence-corrected chi connectivity index (χ1v) is 4.16. The molecule has 1 unspecified atom stereocenters. The molecule has 2 heteroatoms. The third-order valence-electron chi connectivity index (χ3n) is 2.05. The third kappa shape index (κ3) is 2.74. The molecule has 0 heterocycles. The van der Waals surface area contributed by atoms with E-state index in [4.69, 9.17) is 11.1 Å². The van der Waals surface area contributed by atoms with Crippen LogP contribution in [-0.4, -0.2) is 6.21 Å². The molecule has 0 aromatic rings. The van der Waals surface area contributed by atoms with Gasteiger partial charge in [0.25, 0.3) is 0 Å². The Balaban J connectivity index is 4.49. The zero-order valence-electron chi connectivity index (χ0n) is 7.65. The van der Waals surface area contributed by atoms with Crippen molar-refractivity contribution in [3.63, 3.8) is 0 Å². The summed E-state index contributed by atoms with van der Waals surface area (Å²) in [6, 6.07) is 0. The van der Waals surface area contributed by atoms with Crippen molar-refractivity contribution in [1.82, 2.24) is 0 Å². The summed E-state index contributed by atoms with van der Waals surface area (Å²) in [6.07, 6.45) is 3.27. The fourth-order valence-electron chi connectivity index (χ4n) is 0.975. The lowest BCUT2D eigenvalue weighted by Crippen LogP contribution is -2.08. The summed E-state index contributed by atoms with van der Waals surface area (Å²) in [5.41, 5.74) is 7.58. The van der Waals surface area contributed by atoms with Crippen molar-refractivity contribution in [2.24, 2.45) is 11.7 Å². The second-order valence-corrected chi connectivity index (χ2v) is 2.79. The maximum Gasteiger partial charge on any atom is 0.0229 e. The van der Waals surface area contributed by atoms with Crippen LogP contribution in [0.3, 0.4) is 0 Å². The maximum absolute atomic E-state index is 7.16. The van der Waals surface area contributed by atoms with E-state index in [1.807, 2.05) is 6.92 Å². The molecule has 0 saturated carbocycles. The molecule has 0 amide bonds. The Kier molecular flexibility index (Phi) is 4.59. The largest absolute Gasteiger partial charge is 0.402 e. The summed E-state index contributed by atoms with van der Waals surface area (Å²) >= 11 is 0. The van der Waals surface area contributed by atoms with E-state index in [2.05, 4.69) is 13.8 Å². The lowest BCUT2D eigenvalue weighted by molar-refractivity contribution is 0.668. The molecule has 0 radical (unpaired) electrons. The molecule has 2 nitrogen and oxygen atoms in total. The Morgan fingerprint density at radius 2 is 2.09 bits per heavy atom. The van der Waals surface area contributed by atoms with Crippen molar-refractivity contribution in [2.75, 3.05) is 0 Å². The SMILES string of the molecule is CC/C(N)=C(/C=N)C(C)CC. The van der Waals surface area contributed by atoms with Crippen LogP contribution in [0.4, 0.5) is 0 Å². The molecule has 0 aromatic heterocycles. The lowest BCUT2D eigenvalue weighted by Gasteiger charge is -2.11. The quantitative estimate of drug-likeness (QED) is 0.600. The molecule has 0 aliphatic carbocycles. The molecule has 0 bridgehead atoms. The molecule has 0 saturated heterocycles. The van der Waals surface area contributed by atoms with Gasteiger partial charge in [-0.15, -0.1) is 0 Å². The van der Waals surface area contributed by atoms with Gasteiger partial charge in [-0.3, -0.25) is 0 Å². The van der Waals surface area contributed by atoms with Crippen LogP contribution in [-0.2, 0) is 0 Å². The predicted molar refractivity (Wildman–Crippen MR) is 49.7 cm³/mol. The summed E-state index contributed by atoms with van der Waals surface area (Å²) in [6.45, 7) is 6.22. The molecule has 3 N–H and O–H groups in total. The van der Waals surface area contributed by atoms with Crippen LogP contribution in [0.25, 0.3) is 0 Å². The minimum atomic E-state index is 0.424. The van der Waals surface area contributed by atoms with Gasteiger partial charge in [-0.1, -0.05) is 20.8 Å². The van der Waals surface area contributed by atoms with E-state index in [1.165, 1.54) is 6.21 Å². The fourth-order valence-corrected chi connectivity index (χ4v) is 0.975. The normalized spacial score (nSPS) is 15.5. The van der Waals surface area contributed by atoms with Crippen LogP contribution >= 0.6 is 0 Å². The molecule has 0 fully saturated rings. The van der Waals surface area contributed by atoms with E-state index >= 15 is 0 Å². The monoisotopic (exact) mass is 154 g/mol. The van der Waals surface area contributed by atoms with E-state index in [0.29, 0.717) is 5.92 Å². The second-order valence-electron chi connectivity index (χ2n) is 2.79. The summed E-state index contributed by atoms with van der Waals surface area (Å²) in [5, 5.41) is 7.16. The smallest absolute Gasteiger partial charge is 0.0229 e. The molecule has 64 valence electrons. The number of allylic oxidation sites excluding steroid dienone is 2. The first-order chi connectivity index (χ1) is 5.17. The number of nitrogens with two attached hydrogens (primary N) is 1. The van der Waals surface area contributed by atoms with Gasteiger partial charge in [-0.2, -0.15) is 0 Å². The van der Waals surface area contributed by atoms with Gasteiger partial charge in [0.15, 0.2) is 0 Å². The van der Waals surface area contributed by atoms with E-state index in [9.17, 15) is 0 Å². The minimum Gasteiger partial charge on any atom is -0.402 e. The number of hydrogen-bond acceptors (Lipinski definition) is 2. The molecule has 0 rings (SSSR count). The van der Waals surface area contributed by atoms with Crippen molar-refractivity contribution in [2.45, 2.75) is 33.6 Å². The van der Waals surface area contributed by atoms with Crippen molar-refractivity contribution in [3.8, 4) is 0 Å². The van der Waals surface area contributed by atoms with Crippen LogP contribution < -0.4 is 5.73 Å². The van der Waals surface area contributed by atoms with Crippen LogP contribution in [0.1, 0.15) is 33.6 Å². The highest BCUT2D eigenvalue weighted by Crippen LogP contribution is 2.15. The van der Waals surface area contributed by atoms with Crippen LogP contribution in [0.5, 0.6) is 0 Å². The van der Waals surface area contributed by atoms with Crippen molar-refractivity contribution in [3.05, 3.63) is 11.3 Å². The third-order valence-corrected chi connectivity index (χ3v) is 2.05. The molecule has 1 atom stereocenters. The van der Waals surface area contributed by atoms with Crippen LogP contribution in [0.2, 0.25) is 0 Å². The van der Waals surface area contributed by atoms with Gasteiger partial charge < -0.3 is 11.1 Å². The predicted octanol–water partition coefficient (Wildman–Crippen LogP) is 2.30. The molecular formula is C9H18N2. The van der Waals surface area contributed by atoms with Crippen molar-refractivity contribution < 1.29 is 0 Å². The summed E-state index contributed by atoms with van der Waals surface area (Å²) in [4.78, 5) is 0. The van der Waals surface area contributed by atoms with E-state index in [-0.39, 0.29) is 0 Å². The van der Waals surface area contributed by atoms with Gasteiger partial charge in [-0.05, 0) is 24.3 Å². The first-order valence-electron chi connectivity index (χ1n) is 4.16. The number of hydrogen-bond donors (Lipinski definition) is 2. The van der Waals surface area contributed by atoms with Gasteiger partial charge in [-0.25, -0.2) is 0 Å². The maximum atomic E-state index is 7.16. The average Bonchev–Trinajstić information content (AvgIpc) is 2.05. The van der Waals surface area contributed by atoms with Gasteiger partial charge in [0.2, 0.25) is 0 Å². The second kappa shape index (κ2) is 4.94. The zero-order valence-corrected chi connectivity index (χ0v) is 7.65. The topological polar surface area (TPSA) is 49.9 Å². The Hall–Kier alpha value is -0.790. The molecule has 11 heavy (non-hydrogen) atoms. The van der Waals surface area contributed by atoms with Gasteiger partial charge in [0.05, 0.1) is 0 Å². The van der Waals surface area contributed by atoms with Crippen molar-refractivity contribution >= 4 is 6.21 Å². The Morgan fingerprint density at radius 3 is 2.36 bits per heavy atom. The summed E-state index contributed by atoms with van der Waals surface area (Å²) in [5.74, 6) is 0.424. The first kappa shape index (κ1) is 10.2. The highest BCUT2D eigenvalue weighted by molar-refractivity contribution is 5.77. The Bertz CT molecular complexity index is 159.